The number of rotatable bonds is 6. The van der Waals surface area contributed by atoms with Gasteiger partial charge in [0.25, 0.3) is 0 Å². The fraction of sp³-hybridized carbons (Fsp3) is 0.111. The second-order valence-electron chi connectivity index (χ2n) is 6.82. The summed E-state index contributed by atoms with van der Waals surface area (Å²) < 4.78 is 18.0. The third-order valence-electron chi connectivity index (χ3n) is 5.16. The number of methoxy groups -OCH3 is 3. The first kappa shape index (κ1) is 19.6. The molecule has 0 fully saturated rings. The Morgan fingerprint density at radius 1 is 0.367 bits per heavy atom. The molecule has 0 aliphatic heterocycles. The molecule has 0 aromatic heterocycles. The molecule has 0 heterocycles. The quantitative estimate of drug-likeness (QED) is 0.362. The SMILES string of the molecule is COc1c(-c2ccccc2)c(OC)c(-c2ccccc2)c(OC)c1-c1ccccc1. The van der Waals surface area contributed by atoms with E-state index < -0.39 is 0 Å². The standard InChI is InChI=1S/C27H24O3/c1-28-25-22(19-13-7-4-8-14-19)26(29-2)24(21-17-11-6-12-18-21)27(30-3)23(25)20-15-9-5-10-16-20/h4-18H,1-3H3. The molecule has 3 heteroatoms. The van der Waals surface area contributed by atoms with Crippen molar-refractivity contribution in [3.63, 3.8) is 0 Å². The maximum atomic E-state index is 6.00. The van der Waals surface area contributed by atoms with Gasteiger partial charge in [-0.05, 0) is 16.7 Å². The zero-order valence-electron chi connectivity index (χ0n) is 17.4. The molecule has 0 unspecified atom stereocenters. The van der Waals surface area contributed by atoms with Gasteiger partial charge in [-0.25, -0.2) is 0 Å². The van der Waals surface area contributed by atoms with Gasteiger partial charge in [-0.1, -0.05) is 91.0 Å². The lowest BCUT2D eigenvalue weighted by Crippen LogP contribution is -2.02. The average molecular weight is 396 g/mol. The van der Waals surface area contributed by atoms with Crippen molar-refractivity contribution in [3.05, 3.63) is 91.0 Å². The molecule has 3 nitrogen and oxygen atoms in total. The molecule has 0 amide bonds. The Kier molecular flexibility index (Phi) is 5.71. The van der Waals surface area contributed by atoms with Crippen LogP contribution in [0.4, 0.5) is 0 Å². The van der Waals surface area contributed by atoms with E-state index in [1.807, 2.05) is 54.6 Å². The third-order valence-corrected chi connectivity index (χ3v) is 5.16. The molecule has 0 aliphatic carbocycles. The van der Waals surface area contributed by atoms with E-state index in [-0.39, 0.29) is 0 Å². The second-order valence-corrected chi connectivity index (χ2v) is 6.82. The summed E-state index contributed by atoms with van der Waals surface area (Å²) >= 11 is 0. The predicted molar refractivity (Wildman–Crippen MR) is 122 cm³/mol. The first-order chi connectivity index (χ1) is 14.8. The van der Waals surface area contributed by atoms with Crippen molar-refractivity contribution in [3.8, 4) is 50.6 Å². The number of benzene rings is 4. The first-order valence-electron chi connectivity index (χ1n) is 9.82. The second kappa shape index (κ2) is 8.75. The lowest BCUT2D eigenvalue weighted by atomic mass is 9.89. The van der Waals surface area contributed by atoms with Gasteiger partial charge in [0.15, 0.2) is 0 Å². The minimum absolute atomic E-state index is 0.723. The Morgan fingerprint density at radius 3 is 0.800 bits per heavy atom. The summed E-state index contributed by atoms with van der Waals surface area (Å²) in [5, 5.41) is 0. The molecule has 0 aliphatic rings. The van der Waals surface area contributed by atoms with Crippen LogP contribution >= 0.6 is 0 Å². The van der Waals surface area contributed by atoms with Crippen molar-refractivity contribution in [1.29, 1.82) is 0 Å². The van der Waals surface area contributed by atoms with Gasteiger partial charge in [0.2, 0.25) is 0 Å². The molecular weight excluding hydrogens is 372 g/mol. The van der Waals surface area contributed by atoms with Crippen LogP contribution in [0.5, 0.6) is 17.2 Å². The molecule has 30 heavy (non-hydrogen) atoms. The van der Waals surface area contributed by atoms with Crippen LogP contribution in [0.25, 0.3) is 33.4 Å². The van der Waals surface area contributed by atoms with Crippen LogP contribution in [-0.4, -0.2) is 21.3 Å². The fourth-order valence-corrected chi connectivity index (χ4v) is 3.90. The molecule has 0 radical (unpaired) electrons. The summed E-state index contributed by atoms with van der Waals surface area (Å²) in [6.07, 6.45) is 0. The Hall–Kier alpha value is -3.72. The molecule has 0 saturated heterocycles. The van der Waals surface area contributed by atoms with Gasteiger partial charge in [-0.2, -0.15) is 0 Å². The van der Waals surface area contributed by atoms with E-state index in [0.717, 1.165) is 50.6 Å². The maximum Gasteiger partial charge on any atom is 0.142 e. The highest BCUT2D eigenvalue weighted by molar-refractivity contribution is 5.99. The van der Waals surface area contributed by atoms with Crippen molar-refractivity contribution in [2.45, 2.75) is 0 Å². The van der Waals surface area contributed by atoms with Crippen molar-refractivity contribution in [1.82, 2.24) is 0 Å². The molecule has 0 atom stereocenters. The van der Waals surface area contributed by atoms with Gasteiger partial charge in [0.1, 0.15) is 17.2 Å². The highest BCUT2D eigenvalue weighted by atomic mass is 16.5. The maximum absolute atomic E-state index is 6.00. The number of hydrogen-bond donors (Lipinski definition) is 0. The van der Waals surface area contributed by atoms with Crippen LogP contribution in [0.1, 0.15) is 0 Å². The van der Waals surface area contributed by atoms with Gasteiger partial charge in [-0.3, -0.25) is 0 Å². The van der Waals surface area contributed by atoms with Gasteiger partial charge in [0, 0.05) is 0 Å². The van der Waals surface area contributed by atoms with E-state index >= 15 is 0 Å². The summed E-state index contributed by atoms with van der Waals surface area (Å²) in [6.45, 7) is 0. The topological polar surface area (TPSA) is 27.7 Å². The van der Waals surface area contributed by atoms with Crippen LogP contribution in [0.3, 0.4) is 0 Å². The van der Waals surface area contributed by atoms with E-state index in [2.05, 4.69) is 36.4 Å². The molecule has 0 spiro atoms. The largest absolute Gasteiger partial charge is 0.495 e. The Morgan fingerprint density at radius 2 is 0.600 bits per heavy atom. The van der Waals surface area contributed by atoms with Crippen molar-refractivity contribution in [2.75, 3.05) is 21.3 Å². The molecule has 150 valence electrons. The zero-order valence-corrected chi connectivity index (χ0v) is 17.4. The summed E-state index contributed by atoms with van der Waals surface area (Å²) in [5.41, 5.74) is 5.76. The van der Waals surface area contributed by atoms with Crippen LogP contribution in [0.15, 0.2) is 91.0 Å². The van der Waals surface area contributed by atoms with Crippen molar-refractivity contribution >= 4 is 0 Å². The number of ether oxygens (including phenoxy) is 3. The van der Waals surface area contributed by atoms with Crippen LogP contribution in [-0.2, 0) is 0 Å². The van der Waals surface area contributed by atoms with Gasteiger partial charge in [-0.15, -0.1) is 0 Å². The van der Waals surface area contributed by atoms with Gasteiger partial charge < -0.3 is 14.2 Å². The molecular formula is C27H24O3. The highest BCUT2D eigenvalue weighted by Crippen LogP contribution is 2.56. The van der Waals surface area contributed by atoms with Gasteiger partial charge in [0.05, 0.1) is 38.0 Å². The Labute approximate surface area is 177 Å². The Bertz CT molecular complexity index is 954. The zero-order chi connectivity index (χ0) is 20.9. The van der Waals surface area contributed by atoms with Crippen molar-refractivity contribution < 1.29 is 14.2 Å². The third kappa shape index (κ3) is 3.39. The predicted octanol–water partition coefficient (Wildman–Crippen LogP) is 6.71. The fourth-order valence-electron chi connectivity index (χ4n) is 3.90. The van der Waals surface area contributed by atoms with Crippen LogP contribution < -0.4 is 14.2 Å². The van der Waals surface area contributed by atoms with E-state index in [0.29, 0.717) is 0 Å². The average Bonchev–Trinajstić information content (AvgIpc) is 2.83. The minimum atomic E-state index is 0.723. The molecule has 0 N–H and O–H groups in total. The molecule has 4 aromatic rings. The summed E-state index contributed by atoms with van der Waals surface area (Å²) in [6, 6.07) is 30.5. The summed E-state index contributed by atoms with van der Waals surface area (Å²) in [7, 11) is 5.07. The van der Waals surface area contributed by atoms with Gasteiger partial charge >= 0.3 is 0 Å². The number of hydrogen-bond acceptors (Lipinski definition) is 3. The summed E-state index contributed by atoms with van der Waals surface area (Å²) in [5.74, 6) is 2.17. The molecule has 4 aromatic carbocycles. The van der Waals surface area contributed by atoms with E-state index in [9.17, 15) is 0 Å². The lowest BCUT2D eigenvalue weighted by Gasteiger charge is -2.24. The first-order valence-corrected chi connectivity index (χ1v) is 9.82. The van der Waals surface area contributed by atoms with Crippen molar-refractivity contribution in [2.24, 2.45) is 0 Å². The van der Waals surface area contributed by atoms with Crippen LogP contribution in [0, 0.1) is 0 Å². The molecule has 4 rings (SSSR count). The van der Waals surface area contributed by atoms with E-state index in [1.54, 1.807) is 21.3 Å². The normalized spacial score (nSPS) is 10.5. The minimum Gasteiger partial charge on any atom is -0.495 e. The summed E-state index contributed by atoms with van der Waals surface area (Å²) in [4.78, 5) is 0. The van der Waals surface area contributed by atoms with E-state index in [1.165, 1.54) is 0 Å². The molecule has 0 bridgehead atoms. The monoisotopic (exact) mass is 396 g/mol. The smallest absolute Gasteiger partial charge is 0.142 e. The Balaban J connectivity index is 2.21. The molecule has 0 saturated carbocycles. The lowest BCUT2D eigenvalue weighted by molar-refractivity contribution is 0.382. The van der Waals surface area contributed by atoms with Crippen LogP contribution in [0.2, 0.25) is 0 Å². The highest BCUT2D eigenvalue weighted by Gasteiger charge is 2.28. The van der Waals surface area contributed by atoms with E-state index in [4.69, 9.17) is 14.2 Å².